The van der Waals surface area contributed by atoms with Crippen molar-refractivity contribution in [1.29, 1.82) is 0 Å². The number of rotatable bonds is 3. The monoisotopic (exact) mass is 327 g/mol. The van der Waals surface area contributed by atoms with Crippen molar-refractivity contribution in [2.75, 3.05) is 18.5 Å². The van der Waals surface area contributed by atoms with Crippen LogP contribution in [0, 0.1) is 0 Å². The minimum absolute atomic E-state index is 0.00635. The number of nitrogens with one attached hydrogen (secondary N) is 1. The number of aromatic nitrogens is 3. The number of carbonyl (C=O) groups is 2. The van der Waals surface area contributed by atoms with E-state index in [4.69, 9.17) is 4.74 Å². The molecule has 0 bridgehead atoms. The number of ether oxygens (including phenoxy) is 1. The second kappa shape index (κ2) is 5.95. The number of carbonyl (C=O) groups excluding carboxylic acids is 2. The van der Waals surface area contributed by atoms with Gasteiger partial charge in [0.15, 0.2) is 6.61 Å². The average molecular weight is 327 g/mol. The molecule has 2 amide bonds. The molecule has 3 heterocycles. The van der Waals surface area contributed by atoms with Gasteiger partial charge in [0.2, 0.25) is 0 Å². The summed E-state index contributed by atoms with van der Waals surface area (Å²) in [5.41, 5.74) is 1.09. The van der Waals surface area contributed by atoms with Crippen LogP contribution < -0.4 is 10.1 Å². The Balaban J connectivity index is 1.54. The van der Waals surface area contributed by atoms with Crippen LogP contribution in [0.15, 0.2) is 30.6 Å². The van der Waals surface area contributed by atoms with E-state index in [1.165, 1.54) is 0 Å². The number of likely N-dealkylation sites (tertiary alicyclic amines) is 1. The highest BCUT2D eigenvalue weighted by molar-refractivity contribution is 6.00. The maximum atomic E-state index is 12.9. The fourth-order valence-corrected chi connectivity index (χ4v) is 3.22. The molecule has 2 aromatic rings. The standard InChI is InChI=1S/C16H17N5O3/c22-15-10-24-14-4-3-11(8-13(14)18-15)16(23)21-6-1-2-12(21)9-20-7-5-17-19-20/h3-5,7-8,12H,1-2,6,9-10H2,(H,18,22)/t12-/m0/s1. The van der Waals surface area contributed by atoms with Crippen LogP contribution in [0.2, 0.25) is 0 Å². The molecule has 1 N–H and O–H groups in total. The van der Waals surface area contributed by atoms with Gasteiger partial charge in [0.1, 0.15) is 5.75 Å². The number of nitrogens with zero attached hydrogens (tertiary/aromatic N) is 4. The first-order chi connectivity index (χ1) is 11.7. The molecule has 1 aromatic heterocycles. The summed E-state index contributed by atoms with van der Waals surface area (Å²) in [6.07, 6.45) is 5.34. The number of amides is 2. The Morgan fingerprint density at radius 3 is 3.17 bits per heavy atom. The van der Waals surface area contributed by atoms with Gasteiger partial charge in [-0.3, -0.25) is 14.3 Å². The molecule has 0 aliphatic carbocycles. The van der Waals surface area contributed by atoms with Gasteiger partial charge in [0.25, 0.3) is 11.8 Å². The van der Waals surface area contributed by atoms with Crippen LogP contribution >= 0.6 is 0 Å². The van der Waals surface area contributed by atoms with Gasteiger partial charge in [0.05, 0.1) is 24.5 Å². The van der Waals surface area contributed by atoms with Gasteiger partial charge in [-0.25, -0.2) is 0 Å². The highest BCUT2D eigenvalue weighted by atomic mass is 16.5. The second-order valence-corrected chi connectivity index (χ2v) is 5.97. The van der Waals surface area contributed by atoms with Gasteiger partial charge in [-0.15, -0.1) is 5.10 Å². The third kappa shape index (κ3) is 2.70. The quantitative estimate of drug-likeness (QED) is 0.905. The molecule has 0 spiro atoms. The average Bonchev–Trinajstić information content (AvgIpc) is 3.26. The van der Waals surface area contributed by atoms with E-state index in [2.05, 4.69) is 15.6 Å². The van der Waals surface area contributed by atoms with Crippen LogP contribution in [0.1, 0.15) is 23.2 Å². The van der Waals surface area contributed by atoms with Gasteiger partial charge in [-0.1, -0.05) is 5.21 Å². The summed E-state index contributed by atoms with van der Waals surface area (Å²) in [6.45, 7) is 1.36. The number of hydrogen-bond donors (Lipinski definition) is 1. The smallest absolute Gasteiger partial charge is 0.262 e. The van der Waals surface area contributed by atoms with Crippen LogP contribution in [0.3, 0.4) is 0 Å². The summed E-state index contributed by atoms with van der Waals surface area (Å²) in [5.74, 6) is 0.337. The molecule has 24 heavy (non-hydrogen) atoms. The van der Waals surface area contributed by atoms with E-state index in [1.807, 2.05) is 4.90 Å². The maximum absolute atomic E-state index is 12.9. The lowest BCUT2D eigenvalue weighted by Crippen LogP contribution is -2.38. The Morgan fingerprint density at radius 2 is 2.33 bits per heavy atom. The largest absolute Gasteiger partial charge is 0.482 e. The fraction of sp³-hybridized carbons (Fsp3) is 0.375. The number of fused-ring (bicyclic) bond motifs is 1. The molecular weight excluding hydrogens is 310 g/mol. The number of benzene rings is 1. The molecule has 8 nitrogen and oxygen atoms in total. The van der Waals surface area contributed by atoms with Gasteiger partial charge in [-0.2, -0.15) is 0 Å². The lowest BCUT2D eigenvalue weighted by Gasteiger charge is -2.25. The zero-order valence-corrected chi connectivity index (χ0v) is 13.0. The third-order valence-corrected chi connectivity index (χ3v) is 4.37. The zero-order valence-electron chi connectivity index (χ0n) is 13.0. The minimum atomic E-state index is -0.211. The van der Waals surface area contributed by atoms with E-state index < -0.39 is 0 Å². The molecule has 4 rings (SSSR count). The molecule has 0 unspecified atom stereocenters. The molecular formula is C16H17N5O3. The second-order valence-electron chi connectivity index (χ2n) is 5.97. The lowest BCUT2D eigenvalue weighted by molar-refractivity contribution is -0.118. The first-order valence-corrected chi connectivity index (χ1v) is 7.92. The Labute approximate surface area is 138 Å². The van der Waals surface area contributed by atoms with Crippen molar-refractivity contribution in [3.05, 3.63) is 36.2 Å². The van der Waals surface area contributed by atoms with Crippen LogP contribution in [-0.2, 0) is 11.3 Å². The van der Waals surface area contributed by atoms with Gasteiger partial charge < -0.3 is 15.0 Å². The van der Waals surface area contributed by atoms with E-state index in [9.17, 15) is 9.59 Å². The van der Waals surface area contributed by atoms with Crippen molar-refractivity contribution in [3.8, 4) is 5.75 Å². The van der Waals surface area contributed by atoms with Gasteiger partial charge in [0, 0.05) is 18.3 Å². The summed E-state index contributed by atoms with van der Waals surface area (Å²) >= 11 is 0. The molecule has 2 aliphatic heterocycles. The third-order valence-electron chi connectivity index (χ3n) is 4.37. The van der Waals surface area contributed by atoms with E-state index >= 15 is 0 Å². The number of anilines is 1. The summed E-state index contributed by atoms with van der Waals surface area (Å²) in [7, 11) is 0. The molecule has 1 saturated heterocycles. The molecule has 2 aliphatic rings. The van der Waals surface area contributed by atoms with E-state index in [0.29, 0.717) is 23.5 Å². The summed E-state index contributed by atoms with van der Waals surface area (Å²) in [4.78, 5) is 26.2. The molecule has 1 aromatic carbocycles. The molecule has 8 heteroatoms. The SMILES string of the molecule is O=C1COc2ccc(C(=O)N3CCC[C@H]3Cn3ccnn3)cc2N1. The van der Waals surface area contributed by atoms with E-state index in [-0.39, 0.29) is 24.5 Å². The Kier molecular flexibility index (Phi) is 3.64. The fourth-order valence-electron chi connectivity index (χ4n) is 3.22. The summed E-state index contributed by atoms with van der Waals surface area (Å²) in [6, 6.07) is 5.24. The molecule has 0 radical (unpaired) electrons. The lowest BCUT2D eigenvalue weighted by atomic mass is 10.1. The first-order valence-electron chi connectivity index (χ1n) is 7.92. The van der Waals surface area contributed by atoms with Crippen LogP contribution in [0.5, 0.6) is 5.75 Å². The maximum Gasteiger partial charge on any atom is 0.262 e. The van der Waals surface area contributed by atoms with Crippen LogP contribution in [-0.4, -0.2) is 50.9 Å². The van der Waals surface area contributed by atoms with Gasteiger partial charge in [-0.05, 0) is 31.0 Å². The predicted molar refractivity (Wildman–Crippen MR) is 84.6 cm³/mol. The van der Waals surface area contributed by atoms with Crippen LogP contribution in [0.25, 0.3) is 0 Å². The molecule has 0 saturated carbocycles. The van der Waals surface area contributed by atoms with Crippen molar-refractivity contribution in [2.45, 2.75) is 25.4 Å². The van der Waals surface area contributed by atoms with E-state index in [1.54, 1.807) is 35.3 Å². The predicted octanol–water partition coefficient (Wildman–Crippen LogP) is 0.914. The Bertz CT molecular complexity index is 774. The van der Waals surface area contributed by atoms with Gasteiger partial charge >= 0.3 is 0 Å². The van der Waals surface area contributed by atoms with Crippen LogP contribution in [0.4, 0.5) is 5.69 Å². The summed E-state index contributed by atoms with van der Waals surface area (Å²) < 4.78 is 7.08. The topological polar surface area (TPSA) is 89.4 Å². The van der Waals surface area contributed by atoms with Crippen molar-refractivity contribution in [3.63, 3.8) is 0 Å². The van der Waals surface area contributed by atoms with Crippen molar-refractivity contribution in [2.24, 2.45) is 0 Å². The first kappa shape index (κ1) is 14.7. The normalized spacial score (nSPS) is 19.6. The number of hydrogen-bond acceptors (Lipinski definition) is 5. The minimum Gasteiger partial charge on any atom is -0.482 e. The Morgan fingerprint density at radius 1 is 1.42 bits per heavy atom. The van der Waals surface area contributed by atoms with Crippen molar-refractivity contribution < 1.29 is 14.3 Å². The van der Waals surface area contributed by atoms with Crippen molar-refractivity contribution >= 4 is 17.5 Å². The highest BCUT2D eigenvalue weighted by Crippen LogP contribution is 2.30. The molecule has 124 valence electrons. The highest BCUT2D eigenvalue weighted by Gasteiger charge is 2.30. The summed E-state index contributed by atoms with van der Waals surface area (Å²) in [5, 5.41) is 10.5. The molecule has 1 fully saturated rings. The molecule has 1 atom stereocenters. The Hall–Kier alpha value is -2.90. The zero-order chi connectivity index (χ0) is 16.5. The van der Waals surface area contributed by atoms with E-state index in [0.717, 1.165) is 19.4 Å². The van der Waals surface area contributed by atoms with Crippen molar-refractivity contribution in [1.82, 2.24) is 19.9 Å².